The Hall–Kier alpha value is -3.93. The fourth-order valence-corrected chi connectivity index (χ4v) is 6.68. The summed E-state index contributed by atoms with van der Waals surface area (Å²) < 4.78 is 45.5. The van der Waals surface area contributed by atoms with Gasteiger partial charge in [0.1, 0.15) is 5.52 Å². The average molecular weight is 525 g/mol. The van der Waals surface area contributed by atoms with Gasteiger partial charge >= 0.3 is 6.18 Å². The monoisotopic (exact) mass is 524 g/mol. The minimum absolute atomic E-state index is 0.165. The smallest absolute Gasteiger partial charge is 0.307 e. The van der Waals surface area contributed by atoms with Crippen LogP contribution in [0.3, 0.4) is 0 Å². The lowest BCUT2D eigenvalue weighted by Gasteiger charge is -2.20. The first-order chi connectivity index (χ1) is 18.3. The minimum atomic E-state index is -4.41. The highest BCUT2D eigenvalue weighted by Gasteiger charge is 2.32. The highest BCUT2D eigenvalue weighted by atomic mass is 19.4. The van der Waals surface area contributed by atoms with E-state index in [1.165, 1.54) is 28.6 Å². The fraction of sp³-hybridized carbons (Fsp3) is 0.273. The van der Waals surface area contributed by atoms with E-state index >= 15 is 0 Å². The van der Waals surface area contributed by atoms with Gasteiger partial charge in [-0.1, -0.05) is 39.0 Å². The van der Waals surface area contributed by atoms with Gasteiger partial charge in [-0.3, -0.25) is 0 Å². The number of hydrogen-bond acceptors (Lipinski definition) is 1. The van der Waals surface area contributed by atoms with Gasteiger partial charge in [-0.2, -0.15) is 13.2 Å². The van der Waals surface area contributed by atoms with Crippen LogP contribution in [0.15, 0.2) is 54.9 Å². The molecule has 0 atom stereocenters. The molecule has 0 saturated carbocycles. The lowest BCUT2D eigenvalue weighted by molar-refractivity contribution is -0.646. The lowest BCUT2D eigenvalue weighted by atomic mass is 9.86. The zero-order chi connectivity index (χ0) is 27.6. The number of nitrogens with zero attached hydrogens (tertiary/aromatic N) is 3. The van der Waals surface area contributed by atoms with Crippen molar-refractivity contribution < 1.29 is 17.7 Å². The molecule has 0 aliphatic heterocycles. The lowest BCUT2D eigenvalue weighted by Crippen LogP contribution is -2.30. The quantitative estimate of drug-likeness (QED) is 0.120. The summed E-state index contributed by atoms with van der Waals surface area (Å²) in [6, 6.07) is 14.7. The van der Waals surface area contributed by atoms with Crippen molar-refractivity contribution in [2.24, 2.45) is 12.5 Å². The Morgan fingerprint density at radius 1 is 0.795 bits per heavy atom. The van der Waals surface area contributed by atoms with Gasteiger partial charge in [0, 0.05) is 10.8 Å². The predicted octanol–water partition coefficient (Wildman–Crippen LogP) is 8.59. The second kappa shape index (κ2) is 7.59. The predicted molar refractivity (Wildman–Crippen MR) is 153 cm³/mol. The zero-order valence-electron chi connectivity index (χ0n) is 22.9. The molecule has 0 spiro atoms. The maximum atomic E-state index is 13.8. The summed E-state index contributed by atoms with van der Waals surface area (Å²) in [5.74, 6) is 0. The molecule has 0 saturated heterocycles. The molecule has 0 unspecified atom stereocenters. The van der Waals surface area contributed by atoms with Gasteiger partial charge in [0.15, 0.2) is 5.52 Å². The maximum Gasteiger partial charge on any atom is 0.416 e. The number of halogens is 3. The highest BCUT2D eigenvalue weighted by Crippen LogP contribution is 2.44. The van der Waals surface area contributed by atoms with Gasteiger partial charge in [-0.05, 0) is 88.5 Å². The number of aromatic nitrogens is 3. The van der Waals surface area contributed by atoms with Crippen LogP contribution in [0.1, 0.15) is 43.0 Å². The molecule has 39 heavy (non-hydrogen) atoms. The molecule has 7 rings (SSSR count). The Bertz CT molecular complexity index is 2140. The normalized spacial score (nSPS) is 13.4. The molecule has 6 heteroatoms. The third-order valence-corrected chi connectivity index (χ3v) is 8.25. The van der Waals surface area contributed by atoms with Crippen LogP contribution in [0.4, 0.5) is 13.2 Å². The van der Waals surface area contributed by atoms with Gasteiger partial charge in [-0.15, -0.1) is 0 Å². The van der Waals surface area contributed by atoms with E-state index in [-0.39, 0.29) is 5.41 Å². The van der Waals surface area contributed by atoms with Gasteiger partial charge in [-0.25, -0.2) is 4.57 Å². The van der Waals surface area contributed by atoms with Gasteiger partial charge < -0.3 is 4.40 Å². The van der Waals surface area contributed by atoms with E-state index in [0.29, 0.717) is 5.39 Å². The molecule has 0 aliphatic carbocycles. The van der Waals surface area contributed by atoms with E-state index in [1.807, 2.05) is 25.5 Å². The first-order valence-electron chi connectivity index (χ1n) is 13.2. The molecule has 0 aliphatic rings. The van der Waals surface area contributed by atoms with Crippen LogP contribution in [0, 0.1) is 19.3 Å². The topological polar surface area (TPSA) is 21.2 Å². The second-order valence-electron chi connectivity index (χ2n) is 12.2. The Morgan fingerprint density at radius 3 is 2.26 bits per heavy atom. The number of fused-ring (bicyclic) bond motifs is 7. The molecule has 0 bridgehead atoms. The summed E-state index contributed by atoms with van der Waals surface area (Å²) in [6.45, 7) is 11.1. The summed E-state index contributed by atoms with van der Waals surface area (Å²) in [5.41, 5.74) is 7.72. The summed E-state index contributed by atoms with van der Waals surface area (Å²) >= 11 is 0. The minimum Gasteiger partial charge on any atom is -0.307 e. The number of benzene rings is 4. The van der Waals surface area contributed by atoms with Crippen LogP contribution in [0.5, 0.6) is 0 Å². The summed E-state index contributed by atoms with van der Waals surface area (Å²) in [5, 5.41) is 5.87. The van der Waals surface area contributed by atoms with Gasteiger partial charge in [0.05, 0.1) is 39.9 Å². The van der Waals surface area contributed by atoms with E-state index in [4.69, 9.17) is 4.98 Å². The van der Waals surface area contributed by atoms with Crippen LogP contribution in [-0.4, -0.2) is 9.38 Å². The third-order valence-electron chi connectivity index (χ3n) is 8.25. The van der Waals surface area contributed by atoms with Gasteiger partial charge in [0.25, 0.3) is 6.33 Å². The largest absolute Gasteiger partial charge is 0.416 e. The van der Waals surface area contributed by atoms with E-state index in [2.05, 4.69) is 61.8 Å². The summed E-state index contributed by atoms with van der Waals surface area (Å²) in [4.78, 5) is 4.71. The summed E-state index contributed by atoms with van der Waals surface area (Å²) in [7, 11) is 2.00. The van der Waals surface area contributed by atoms with Crippen molar-refractivity contribution >= 4 is 59.9 Å². The molecule has 0 amide bonds. The number of hydrogen-bond donors (Lipinski definition) is 0. The molecule has 0 radical (unpaired) electrons. The Morgan fingerprint density at radius 2 is 1.54 bits per heavy atom. The number of alkyl halides is 3. The molecule has 3 aromatic heterocycles. The molecule has 0 fully saturated rings. The molecule has 4 aromatic carbocycles. The van der Waals surface area contributed by atoms with Crippen LogP contribution in [0.2, 0.25) is 0 Å². The van der Waals surface area contributed by atoms with Crippen molar-refractivity contribution in [3.8, 4) is 0 Å². The van der Waals surface area contributed by atoms with Crippen molar-refractivity contribution in [3.05, 3.63) is 77.1 Å². The van der Waals surface area contributed by atoms with E-state index in [9.17, 15) is 13.2 Å². The van der Waals surface area contributed by atoms with E-state index < -0.39 is 11.7 Å². The van der Waals surface area contributed by atoms with Crippen LogP contribution >= 0.6 is 0 Å². The Labute approximate surface area is 223 Å². The molecule has 3 nitrogen and oxygen atoms in total. The Kier molecular flexibility index (Phi) is 4.70. The van der Waals surface area contributed by atoms with Crippen LogP contribution < -0.4 is 4.57 Å². The SMILES string of the molecule is Cc1c2cc(CC(C)(C)C)ccc2c(C)c2c1c1c3c(ccc4c5cc(C(F)(F)F)ccc5n2c43)nc[n+]1C. The van der Waals surface area contributed by atoms with Crippen LogP contribution in [-0.2, 0) is 19.6 Å². The standard InChI is InChI=1S/C33H29F3N3/c1-17-23-13-19(15-32(3,4)5)7-9-21(23)18(2)29-27(17)31-28-25(37-16-38(31)6)11-10-22-24-14-20(33(34,35)36)8-12-26(24)39(29)30(22)28/h7-14,16H,15H2,1-6H3/q+1. The third kappa shape index (κ3) is 3.30. The van der Waals surface area contributed by atoms with Crippen molar-refractivity contribution in [3.63, 3.8) is 0 Å². The first kappa shape index (κ1) is 24.1. The number of aryl methyl sites for hydroxylation is 3. The van der Waals surface area contributed by atoms with Gasteiger partial charge in [0.2, 0.25) is 0 Å². The van der Waals surface area contributed by atoms with Crippen molar-refractivity contribution in [2.45, 2.75) is 47.2 Å². The Balaban J connectivity index is 1.77. The molecular weight excluding hydrogens is 495 g/mol. The average Bonchev–Trinajstić information content (AvgIpc) is 3.20. The van der Waals surface area contributed by atoms with Crippen molar-refractivity contribution in [1.29, 1.82) is 0 Å². The fourth-order valence-electron chi connectivity index (χ4n) is 6.68. The number of pyridine rings is 1. The molecule has 3 heterocycles. The highest BCUT2D eigenvalue weighted by molar-refractivity contribution is 6.28. The van der Waals surface area contributed by atoms with E-state index in [0.717, 1.165) is 61.1 Å². The van der Waals surface area contributed by atoms with Crippen molar-refractivity contribution in [1.82, 2.24) is 9.38 Å². The molecule has 0 N–H and O–H groups in total. The summed E-state index contributed by atoms with van der Waals surface area (Å²) in [6.07, 6.45) is -1.61. The molecule has 7 aromatic rings. The zero-order valence-corrected chi connectivity index (χ0v) is 22.9. The molecule has 196 valence electrons. The maximum absolute atomic E-state index is 13.8. The first-order valence-corrected chi connectivity index (χ1v) is 13.2. The van der Waals surface area contributed by atoms with E-state index in [1.54, 1.807) is 6.07 Å². The van der Waals surface area contributed by atoms with Crippen LogP contribution in [0.25, 0.3) is 59.9 Å². The molecular formula is C33H29F3N3+. The van der Waals surface area contributed by atoms with Crippen molar-refractivity contribution in [2.75, 3.05) is 0 Å². The second-order valence-corrected chi connectivity index (χ2v) is 12.2. The number of rotatable bonds is 1.